The Bertz CT molecular complexity index is 479. The second kappa shape index (κ2) is 3.00. The molecule has 2 heterocycles. The molecule has 0 aromatic carbocycles. The molecule has 2 nitrogen and oxygen atoms in total. The fourth-order valence-electron chi connectivity index (χ4n) is 1.38. The van der Waals surface area contributed by atoms with Crippen LogP contribution in [-0.2, 0) is 0 Å². The molecule has 3 heteroatoms. The fourth-order valence-corrected chi connectivity index (χ4v) is 1.56. The summed E-state index contributed by atoms with van der Waals surface area (Å²) in [5, 5.41) is 1.19. The Morgan fingerprint density at radius 1 is 1.31 bits per heavy atom. The highest BCUT2D eigenvalue weighted by molar-refractivity contribution is 7.71. The number of aromatic nitrogens is 2. The summed E-state index contributed by atoms with van der Waals surface area (Å²) >= 11 is 5.04. The summed E-state index contributed by atoms with van der Waals surface area (Å²) < 4.78 is 0.768. The van der Waals surface area contributed by atoms with E-state index in [-0.39, 0.29) is 0 Å². The molecule has 0 radical (unpaired) electrons. The van der Waals surface area contributed by atoms with Crippen molar-refractivity contribution >= 4 is 23.1 Å². The quantitative estimate of drug-likeness (QED) is 0.667. The van der Waals surface area contributed by atoms with Gasteiger partial charge in [-0.25, -0.2) is 0 Å². The van der Waals surface area contributed by atoms with E-state index in [0.717, 1.165) is 10.2 Å². The van der Waals surface area contributed by atoms with Crippen molar-refractivity contribution in [3.05, 3.63) is 28.7 Å². The zero-order valence-electron chi connectivity index (χ0n) is 7.72. The van der Waals surface area contributed by atoms with Gasteiger partial charge < -0.3 is 9.97 Å². The third-order valence-corrected chi connectivity index (χ3v) is 2.40. The number of rotatable bonds is 1. The lowest BCUT2D eigenvalue weighted by Gasteiger charge is -1.97. The molecule has 2 N–H and O–H groups in total. The van der Waals surface area contributed by atoms with Crippen LogP contribution in [0.3, 0.4) is 0 Å². The molecule has 68 valence electrons. The third-order valence-electron chi connectivity index (χ3n) is 2.17. The van der Waals surface area contributed by atoms with E-state index in [1.54, 1.807) is 0 Å². The predicted octanol–water partition coefficient (Wildman–Crippen LogP) is 3.35. The predicted molar refractivity (Wildman–Crippen MR) is 57.6 cm³/mol. The standard InChI is InChI=1S/C10H12N2S/c1-6(2)8-3-7-5-11-10(13)4-9(7)12-8/h3-6,12H,1-2H3,(H,11,13). The van der Waals surface area contributed by atoms with Gasteiger partial charge in [-0.3, -0.25) is 0 Å². The summed E-state index contributed by atoms with van der Waals surface area (Å²) in [5.41, 5.74) is 2.37. The molecule has 0 aliphatic heterocycles. The molecule has 0 saturated heterocycles. The van der Waals surface area contributed by atoms with Gasteiger partial charge in [-0.15, -0.1) is 0 Å². The van der Waals surface area contributed by atoms with Crippen molar-refractivity contribution < 1.29 is 0 Å². The summed E-state index contributed by atoms with van der Waals surface area (Å²) in [6.07, 6.45) is 1.94. The lowest BCUT2D eigenvalue weighted by Crippen LogP contribution is -1.84. The molecule has 0 fully saturated rings. The van der Waals surface area contributed by atoms with Crippen LogP contribution in [0.2, 0.25) is 0 Å². The molecule has 2 aromatic rings. The molecule has 0 aliphatic carbocycles. The van der Waals surface area contributed by atoms with Crippen molar-refractivity contribution in [3.63, 3.8) is 0 Å². The molecule has 0 aliphatic rings. The molecule has 0 bridgehead atoms. The largest absolute Gasteiger partial charge is 0.358 e. The van der Waals surface area contributed by atoms with Gasteiger partial charge in [-0.05, 0) is 18.1 Å². The van der Waals surface area contributed by atoms with Gasteiger partial charge in [-0.1, -0.05) is 26.1 Å². The first-order valence-corrected chi connectivity index (χ1v) is 4.79. The first kappa shape index (κ1) is 8.51. The molecule has 13 heavy (non-hydrogen) atoms. The van der Waals surface area contributed by atoms with Crippen LogP contribution >= 0.6 is 12.2 Å². The van der Waals surface area contributed by atoms with Crippen molar-refractivity contribution in [2.75, 3.05) is 0 Å². The maximum absolute atomic E-state index is 5.04. The third kappa shape index (κ3) is 1.52. The normalized spacial score (nSPS) is 11.3. The Morgan fingerprint density at radius 2 is 2.08 bits per heavy atom. The summed E-state index contributed by atoms with van der Waals surface area (Å²) in [5.74, 6) is 0.529. The van der Waals surface area contributed by atoms with Crippen molar-refractivity contribution in [2.45, 2.75) is 19.8 Å². The molecular weight excluding hydrogens is 180 g/mol. The minimum Gasteiger partial charge on any atom is -0.358 e. The van der Waals surface area contributed by atoms with E-state index in [2.05, 4.69) is 29.9 Å². The lowest BCUT2D eigenvalue weighted by atomic mass is 10.1. The number of fused-ring (bicyclic) bond motifs is 1. The smallest absolute Gasteiger partial charge is 0.105 e. The van der Waals surface area contributed by atoms with E-state index in [0.29, 0.717) is 5.92 Å². The zero-order chi connectivity index (χ0) is 9.42. The van der Waals surface area contributed by atoms with Gasteiger partial charge in [-0.2, -0.15) is 0 Å². The summed E-state index contributed by atoms with van der Waals surface area (Å²) in [7, 11) is 0. The maximum Gasteiger partial charge on any atom is 0.105 e. The molecule has 0 atom stereocenters. The Kier molecular flexibility index (Phi) is 1.96. The van der Waals surface area contributed by atoms with Crippen molar-refractivity contribution in [2.24, 2.45) is 0 Å². The Labute approximate surface area is 82.0 Å². The van der Waals surface area contributed by atoms with Gasteiger partial charge in [0.2, 0.25) is 0 Å². The van der Waals surface area contributed by atoms with Gasteiger partial charge in [0.15, 0.2) is 0 Å². The van der Waals surface area contributed by atoms with Crippen LogP contribution in [-0.4, -0.2) is 9.97 Å². The van der Waals surface area contributed by atoms with Crippen LogP contribution in [0.15, 0.2) is 18.3 Å². The highest BCUT2D eigenvalue weighted by Gasteiger charge is 2.03. The van der Waals surface area contributed by atoms with Gasteiger partial charge in [0, 0.05) is 17.3 Å². The minimum absolute atomic E-state index is 0.529. The first-order chi connectivity index (χ1) is 6.16. The summed E-state index contributed by atoms with van der Waals surface area (Å²) in [6, 6.07) is 4.11. The van der Waals surface area contributed by atoms with E-state index < -0.39 is 0 Å². The first-order valence-electron chi connectivity index (χ1n) is 4.38. The average Bonchev–Trinajstić information content (AvgIpc) is 2.46. The van der Waals surface area contributed by atoms with Gasteiger partial charge in [0.05, 0.1) is 5.52 Å². The molecule has 2 rings (SSSR count). The Morgan fingerprint density at radius 3 is 2.77 bits per heavy atom. The minimum atomic E-state index is 0.529. The Hall–Kier alpha value is -1.09. The zero-order valence-corrected chi connectivity index (χ0v) is 8.53. The second-order valence-corrected chi connectivity index (χ2v) is 3.99. The van der Waals surface area contributed by atoms with E-state index in [1.807, 2.05) is 12.3 Å². The molecule has 0 saturated carbocycles. The summed E-state index contributed by atoms with van der Waals surface area (Å²) in [6.45, 7) is 4.34. The molecule has 0 amide bonds. The lowest BCUT2D eigenvalue weighted by molar-refractivity contribution is 0.836. The van der Waals surface area contributed by atoms with Crippen molar-refractivity contribution in [1.29, 1.82) is 0 Å². The fraction of sp³-hybridized carbons (Fsp3) is 0.300. The number of H-pyrrole nitrogens is 2. The van der Waals surface area contributed by atoms with E-state index in [9.17, 15) is 0 Å². The molecule has 0 unspecified atom stereocenters. The van der Waals surface area contributed by atoms with Gasteiger partial charge in [0.1, 0.15) is 4.64 Å². The van der Waals surface area contributed by atoms with Crippen molar-refractivity contribution in [1.82, 2.24) is 9.97 Å². The van der Waals surface area contributed by atoms with E-state index >= 15 is 0 Å². The number of hydrogen-bond donors (Lipinski definition) is 2. The average molecular weight is 192 g/mol. The number of aromatic amines is 2. The number of pyridine rings is 1. The number of nitrogens with one attached hydrogen (secondary N) is 2. The molecule has 2 aromatic heterocycles. The van der Waals surface area contributed by atoms with Crippen LogP contribution in [0.5, 0.6) is 0 Å². The van der Waals surface area contributed by atoms with Crippen LogP contribution in [0.4, 0.5) is 0 Å². The monoisotopic (exact) mass is 192 g/mol. The van der Waals surface area contributed by atoms with Crippen LogP contribution < -0.4 is 0 Å². The van der Waals surface area contributed by atoms with Crippen molar-refractivity contribution in [3.8, 4) is 0 Å². The molecule has 0 spiro atoms. The van der Waals surface area contributed by atoms with Crippen LogP contribution in [0, 0.1) is 4.64 Å². The second-order valence-electron chi connectivity index (χ2n) is 3.55. The SMILES string of the molecule is CC(C)c1cc2c[nH]c(=S)cc2[nH]1. The number of hydrogen-bond acceptors (Lipinski definition) is 1. The van der Waals surface area contributed by atoms with Crippen LogP contribution in [0.25, 0.3) is 10.9 Å². The van der Waals surface area contributed by atoms with E-state index in [1.165, 1.54) is 11.1 Å². The van der Waals surface area contributed by atoms with Gasteiger partial charge in [0.25, 0.3) is 0 Å². The highest BCUT2D eigenvalue weighted by atomic mass is 32.1. The summed E-state index contributed by atoms with van der Waals surface area (Å²) in [4.78, 5) is 6.37. The Balaban J connectivity index is 2.69. The van der Waals surface area contributed by atoms with Gasteiger partial charge >= 0.3 is 0 Å². The molecular formula is C10H12N2S. The highest BCUT2D eigenvalue weighted by Crippen LogP contribution is 2.19. The maximum atomic E-state index is 5.04. The topological polar surface area (TPSA) is 31.6 Å². The van der Waals surface area contributed by atoms with Crippen LogP contribution in [0.1, 0.15) is 25.5 Å². The van der Waals surface area contributed by atoms with E-state index in [4.69, 9.17) is 12.2 Å².